The number of nitrogens with one attached hydrogen (secondary N) is 1. The maximum absolute atomic E-state index is 12.2. The molecule has 8 heteroatoms. The predicted molar refractivity (Wildman–Crippen MR) is 97.0 cm³/mol. The standard InChI is InChI=1S/C16H17Cl2N3O2S/c17-12-3-1-2-9(14(12)18)6-11-8-20-16(24-11)21-15(22)13-5-4-10(7-19)23-13/h1-3,8,10,13H,4-7,19H2,(H,20,21,22)/t10-,13+/m1/s1. The number of amides is 1. The summed E-state index contributed by atoms with van der Waals surface area (Å²) < 4.78 is 5.58. The summed E-state index contributed by atoms with van der Waals surface area (Å²) in [4.78, 5) is 17.4. The van der Waals surface area contributed by atoms with Crippen molar-refractivity contribution < 1.29 is 9.53 Å². The number of benzene rings is 1. The van der Waals surface area contributed by atoms with E-state index in [1.54, 1.807) is 12.3 Å². The van der Waals surface area contributed by atoms with Crippen molar-refractivity contribution in [1.82, 2.24) is 4.98 Å². The van der Waals surface area contributed by atoms with Crippen molar-refractivity contribution >= 4 is 45.6 Å². The van der Waals surface area contributed by atoms with Gasteiger partial charge in [-0.25, -0.2) is 4.98 Å². The second kappa shape index (κ2) is 7.80. The molecule has 1 aliphatic heterocycles. The van der Waals surface area contributed by atoms with Crippen LogP contribution in [-0.4, -0.2) is 29.6 Å². The molecule has 1 aromatic heterocycles. The van der Waals surface area contributed by atoms with Crippen molar-refractivity contribution in [1.29, 1.82) is 0 Å². The van der Waals surface area contributed by atoms with E-state index in [4.69, 9.17) is 33.7 Å². The normalized spacial score (nSPS) is 20.3. The lowest BCUT2D eigenvalue weighted by molar-refractivity contribution is -0.126. The molecule has 0 spiro atoms. The Labute approximate surface area is 154 Å². The second-order valence-corrected chi connectivity index (χ2v) is 7.47. The minimum atomic E-state index is -0.451. The van der Waals surface area contributed by atoms with Gasteiger partial charge in [0.05, 0.1) is 16.1 Å². The van der Waals surface area contributed by atoms with Gasteiger partial charge >= 0.3 is 0 Å². The van der Waals surface area contributed by atoms with E-state index in [1.807, 2.05) is 12.1 Å². The van der Waals surface area contributed by atoms with Crippen LogP contribution in [0.3, 0.4) is 0 Å². The monoisotopic (exact) mass is 385 g/mol. The molecule has 0 radical (unpaired) electrons. The summed E-state index contributed by atoms with van der Waals surface area (Å²) >= 11 is 13.6. The largest absolute Gasteiger partial charge is 0.364 e. The molecule has 0 bridgehead atoms. The molecule has 1 aromatic carbocycles. The zero-order valence-electron chi connectivity index (χ0n) is 12.8. The molecular weight excluding hydrogens is 369 g/mol. The van der Waals surface area contributed by atoms with Crippen molar-refractivity contribution in [2.75, 3.05) is 11.9 Å². The van der Waals surface area contributed by atoms with Crippen LogP contribution in [0.2, 0.25) is 10.0 Å². The number of nitrogens with two attached hydrogens (primary N) is 1. The lowest BCUT2D eigenvalue weighted by atomic mass is 10.1. The fourth-order valence-corrected chi connectivity index (χ4v) is 3.80. The number of carbonyl (C=O) groups is 1. The van der Waals surface area contributed by atoms with E-state index in [9.17, 15) is 4.79 Å². The highest BCUT2D eigenvalue weighted by Crippen LogP contribution is 2.30. The third-order valence-corrected chi connectivity index (χ3v) is 5.61. The molecule has 5 nitrogen and oxygen atoms in total. The van der Waals surface area contributed by atoms with Crippen LogP contribution in [0.15, 0.2) is 24.4 Å². The Morgan fingerprint density at radius 1 is 1.42 bits per heavy atom. The van der Waals surface area contributed by atoms with Crippen LogP contribution in [0.25, 0.3) is 0 Å². The first kappa shape index (κ1) is 17.6. The maximum Gasteiger partial charge on any atom is 0.255 e. The summed E-state index contributed by atoms with van der Waals surface area (Å²) in [6, 6.07) is 5.53. The van der Waals surface area contributed by atoms with Crippen molar-refractivity contribution in [3.8, 4) is 0 Å². The molecule has 1 saturated heterocycles. The van der Waals surface area contributed by atoms with Crippen molar-refractivity contribution in [2.45, 2.75) is 31.5 Å². The Morgan fingerprint density at radius 2 is 2.25 bits per heavy atom. The van der Waals surface area contributed by atoms with E-state index in [0.29, 0.717) is 34.6 Å². The number of ether oxygens (including phenoxy) is 1. The van der Waals surface area contributed by atoms with Gasteiger partial charge in [0.1, 0.15) is 6.10 Å². The summed E-state index contributed by atoms with van der Waals surface area (Å²) in [6.45, 7) is 0.436. The number of rotatable bonds is 5. The Morgan fingerprint density at radius 3 is 3.00 bits per heavy atom. The Balaban J connectivity index is 1.61. The molecule has 0 unspecified atom stereocenters. The fourth-order valence-electron chi connectivity index (χ4n) is 2.58. The van der Waals surface area contributed by atoms with E-state index in [0.717, 1.165) is 16.9 Å². The number of hydrogen-bond acceptors (Lipinski definition) is 5. The molecule has 3 N–H and O–H groups in total. The summed E-state index contributed by atoms with van der Waals surface area (Å²) in [6.07, 6.45) is 3.36. The quantitative estimate of drug-likeness (QED) is 0.825. The molecule has 1 fully saturated rings. The average Bonchev–Trinajstić information content (AvgIpc) is 3.21. The topological polar surface area (TPSA) is 77.2 Å². The first-order valence-electron chi connectivity index (χ1n) is 7.61. The van der Waals surface area contributed by atoms with E-state index in [1.165, 1.54) is 11.3 Å². The first-order chi connectivity index (χ1) is 11.6. The van der Waals surface area contributed by atoms with Gasteiger partial charge < -0.3 is 10.5 Å². The third kappa shape index (κ3) is 4.07. The van der Waals surface area contributed by atoms with Gasteiger partial charge in [-0.1, -0.05) is 35.3 Å². The molecular formula is C16H17Cl2N3O2S. The van der Waals surface area contributed by atoms with E-state index < -0.39 is 6.10 Å². The van der Waals surface area contributed by atoms with E-state index in [2.05, 4.69) is 10.3 Å². The van der Waals surface area contributed by atoms with Crippen LogP contribution in [0.4, 0.5) is 5.13 Å². The highest BCUT2D eigenvalue weighted by atomic mass is 35.5. The van der Waals surface area contributed by atoms with Crippen molar-refractivity contribution in [3.05, 3.63) is 44.9 Å². The molecule has 1 aliphatic rings. The lowest BCUT2D eigenvalue weighted by Crippen LogP contribution is -2.29. The predicted octanol–water partition coefficient (Wildman–Crippen LogP) is 3.49. The SMILES string of the molecule is NC[C@H]1CC[C@@H](C(=O)Nc2ncc(Cc3cccc(Cl)c3Cl)s2)O1. The van der Waals surface area contributed by atoms with Crippen molar-refractivity contribution in [3.63, 3.8) is 0 Å². The van der Waals surface area contributed by atoms with Crippen LogP contribution in [0.5, 0.6) is 0 Å². The first-order valence-corrected chi connectivity index (χ1v) is 9.18. The van der Waals surface area contributed by atoms with E-state index >= 15 is 0 Å². The number of anilines is 1. The molecule has 1 amide bonds. The van der Waals surface area contributed by atoms with Gasteiger partial charge in [0, 0.05) is 24.0 Å². The number of aromatic nitrogens is 1. The highest BCUT2D eigenvalue weighted by Gasteiger charge is 2.30. The highest BCUT2D eigenvalue weighted by molar-refractivity contribution is 7.15. The van der Waals surface area contributed by atoms with Crippen LogP contribution in [0.1, 0.15) is 23.3 Å². The maximum atomic E-state index is 12.2. The molecule has 3 rings (SSSR count). The van der Waals surface area contributed by atoms with Gasteiger partial charge in [-0.05, 0) is 24.5 Å². The Hall–Kier alpha value is -1.18. The van der Waals surface area contributed by atoms with Gasteiger partial charge in [0.25, 0.3) is 5.91 Å². The molecule has 2 atom stereocenters. The number of hydrogen-bond donors (Lipinski definition) is 2. The molecule has 128 valence electrons. The summed E-state index contributed by atoms with van der Waals surface area (Å²) in [7, 11) is 0. The van der Waals surface area contributed by atoms with Gasteiger partial charge in [0.15, 0.2) is 5.13 Å². The minimum Gasteiger partial charge on any atom is -0.364 e. The van der Waals surface area contributed by atoms with Crippen molar-refractivity contribution in [2.24, 2.45) is 5.73 Å². The van der Waals surface area contributed by atoms with E-state index in [-0.39, 0.29) is 12.0 Å². The minimum absolute atomic E-state index is 0.0300. The molecule has 0 saturated carbocycles. The average molecular weight is 386 g/mol. The summed E-state index contributed by atoms with van der Waals surface area (Å²) in [5, 5.41) is 4.43. The fraction of sp³-hybridized carbons (Fsp3) is 0.375. The zero-order chi connectivity index (χ0) is 17.1. The molecule has 2 aromatic rings. The van der Waals surface area contributed by atoms with Crippen LogP contribution in [-0.2, 0) is 16.0 Å². The number of thiazole rings is 1. The molecule has 0 aliphatic carbocycles. The Bertz CT molecular complexity index is 738. The molecule has 2 heterocycles. The van der Waals surface area contributed by atoms with Gasteiger partial charge in [-0.3, -0.25) is 10.1 Å². The summed E-state index contributed by atoms with van der Waals surface area (Å²) in [5.74, 6) is -0.173. The number of nitrogens with zero attached hydrogens (tertiary/aromatic N) is 1. The Kier molecular flexibility index (Phi) is 5.73. The van der Waals surface area contributed by atoms with Gasteiger partial charge in [0.2, 0.25) is 0 Å². The number of halogens is 2. The van der Waals surface area contributed by atoms with Crippen LogP contribution >= 0.6 is 34.5 Å². The lowest BCUT2D eigenvalue weighted by Gasteiger charge is -2.11. The smallest absolute Gasteiger partial charge is 0.255 e. The van der Waals surface area contributed by atoms with Crippen LogP contribution in [0, 0.1) is 0 Å². The van der Waals surface area contributed by atoms with Crippen LogP contribution < -0.4 is 11.1 Å². The second-order valence-electron chi connectivity index (χ2n) is 5.57. The summed E-state index contributed by atoms with van der Waals surface area (Å²) in [5.41, 5.74) is 6.49. The molecule has 24 heavy (non-hydrogen) atoms. The van der Waals surface area contributed by atoms with Gasteiger partial charge in [-0.15, -0.1) is 11.3 Å². The zero-order valence-corrected chi connectivity index (χ0v) is 15.1. The third-order valence-electron chi connectivity index (χ3n) is 3.84. The number of carbonyl (C=O) groups excluding carboxylic acids is 1. The van der Waals surface area contributed by atoms with Gasteiger partial charge in [-0.2, -0.15) is 0 Å².